The Morgan fingerprint density at radius 3 is 2.03 bits per heavy atom. The van der Waals surface area contributed by atoms with E-state index in [1.165, 1.54) is 67.7 Å². The molecule has 7 nitrogen and oxygen atoms in total. The zero-order valence-corrected chi connectivity index (χ0v) is 17.8. The standard InChI is InChI=1S/C25H20FNO6/c1-32-18-4-3-5-19(33-2)20(18)23(29)21-22(14-6-12-17(28)13-7-14)27(25(31)24(21)30)16-10-8-15(26)9-11-16/h3-13,22,28-29H,1-2H3/b23-21+. The number of amides is 1. The van der Waals surface area contributed by atoms with Crippen molar-refractivity contribution in [2.45, 2.75) is 6.04 Å². The molecule has 1 aliphatic rings. The fraction of sp³-hybridized carbons (Fsp3) is 0.120. The van der Waals surface area contributed by atoms with E-state index < -0.39 is 29.3 Å². The second kappa shape index (κ2) is 8.66. The van der Waals surface area contributed by atoms with Crippen LogP contribution in [0.25, 0.3) is 5.76 Å². The molecule has 2 N–H and O–H groups in total. The zero-order chi connectivity index (χ0) is 23.7. The van der Waals surface area contributed by atoms with E-state index >= 15 is 0 Å². The Hall–Kier alpha value is -4.33. The van der Waals surface area contributed by atoms with Crippen LogP contribution in [0.1, 0.15) is 17.2 Å². The first-order valence-corrected chi connectivity index (χ1v) is 9.94. The summed E-state index contributed by atoms with van der Waals surface area (Å²) in [7, 11) is 2.81. The van der Waals surface area contributed by atoms with Crippen LogP contribution in [0, 0.1) is 5.82 Å². The molecule has 4 rings (SSSR count). The van der Waals surface area contributed by atoms with Gasteiger partial charge >= 0.3 is 0 Å². The monoisotopic (exact) mass is 449 g/mol. The topological polar surface area (TPSA) is 96.3 Å². The second-order valence-corrected chi connectivity index (χ2v) is 7.27. The van der Waals surface area contributed by atoms with Crippen LogP contribution in [-0.4, -0.2) is 36.1 Å². The number of hydrogen-bond acceptors (Lipinski definition) is 6. The fourth-order valence-corrected chi connectivity index (χ4v) is 3.89. The third kappa shape index (κ3) is 3.76. The van der Waals surface area contributed by atoms with Gasteiger partial charge < -0.3 is 19.7 Å². The highest BCUT2D eigenvalue weighted by atomic mass is 19.1. The van der Waals surface area contributed by atoms with Gasteiger partial charge in [-0.1, -0.05) is 18.2 Å². The maximum absolute atomic E-state index is 13.5. The maximum atomic E-state index is 13.5. The quantitative estimate of drug-likeness (QED) is 0.345. The molecular formula is C25H20FNO6. The first-order valence-electron chi connectivity index (χ1n) is 9.94. The first-order chi connectivity index (χ1) is 15.9. The number of methoxy groups -OCH3 is 2. The molecule has 1 unspecified atom stereocenters. The molecule has 1 saturated heterocycles. The molecule has 33 heavy (non-hydrogen) atoms. The van der Waals surface area contributed by atoms with Gasteiger partial charge in [0.15, 0.2) is 0 Å². The predicted molar refractivity (Wildman–Crippen MR) is 119 cm³/mol. The summed E-state index contributed by atoms with van der Waals surface area (Å²) in [5.41, 5.74) is 0.635. The van der Waals surface area contributed by atoms with Crippen molar-refractivity contribution in [2.75, 3.05) is 19.1 Å². The number of ether oxygens (including phenoxy) is 2. The van der Waals surface area contributed by atoms with Crippen LogP contribution in [0.4, 0.5) is 10.1 Å². The number of aromatic hydroxyl groups is 1. The lowest BCUT2D eigenvalue weighted by Gasteiger charge is -2.25. The largest absolute Gasteiger partial charge is 0.508 e. The van der Waals surface area contributed by atoms with Gasteiger partial charge in [-0.3, -0.25) is 14.5 Å². The number of phenols is 1. The lowest BCUT2D eigenvalue weighted by atomic mass is 9.94. The number of nitrogens with zero attached hydrogens (tertiary/aromatic N) is 1. The van der Waals surface area contributed by atoms with Crippen molar-refractivity contribution < 1.29 is 33.7 Å². The smallest absolute Gasteiger partial charge is 0.300 e. The minimum Gasteiger partial charge on any atom is -0.508 e. The van der Waals surface area contributed by atoms with Gasteiger partial charge in [0.1, 0.15) is 34.4 Å². The molecule has 8 heteroatoms. The van der Waals surface area contributed by atoms with E-state index in [1.807, 2.05) is 0 Å². The number of carbonyl (C=O) groups is 2. The molecule has 0 bridgehead atoms. The Kier molecular flexibility index (Phi) is 5.74. The van der Waals surface area contributed by atoms with Crippen LogP contribution in [-0.2, 0) is 9.59 Å². The number of rotatable bonds is 5. The van der Waals surface area contributed by atoms with Crippen LogP contribution in [0.2, 0.25) is 0 Å². The van der Waals surface area contributed by atoms with Gasteiger partial charge in [0.05, 0.1) is 25.8 Å². The molecule has 1 heterocycles. The molecule has 1 aliphatic heterocycles. The van der Waals surface area contributed by atoms with E-state index in [9.17, 15) is 24.2 Å². The molecule has 1 amide bonds. The Balaban J connectivity index is 2.00. The lowest BCUT2D eigenvalue weighted by Crippen LogP contribution is -2.29. The van der Waals surface area contributed by atoms with Crippen molar-refractivity contribution in [2.24, 2.45) is 0 Å². The van der Waals surface area contributed by atoms with Gasteiger partial charge in [-0.05, 0) is 54.1 Å². The average Bonchev–Trinajstić information content (AvgIpc) is 3.09. The molecule has 0 aromatic heterocycles. The summed E-state index contributed by atoms with van der Waals surface area (Å²) in [6.07, 6.45) is 0. The molecule has 1 fully saturated rings. The lowest BCUT2D eigenvalue weighted by molar-refractivity contribution is -0.132. The zero-order valence-electron chi connectivity index (χ0n) is 17.8. The molecule has 1 atom stereocenters. The summed E-state index contributed by atoms with van der Waals surface area (Å²) in [6, 6.07) is 14.8. The van der Waals surface area contributed by atoms with E-state index in [0.717, 1.165) is 0 Å². The number of hydrogen-bond donors (Lipinski definition) is 2. The summed E-state index contributed by atoms with van der Waals surface area (Å²) >= 11 is 0. The van der Waals surface area contributed by atoms with Gasteiger partial charge in [-0.15, -0.1) is 0 Å². The number of anilines is 1. The highest BCUT2D eigenvalue weighted by Gasteiger charge is 2.47. The first kappa shape index (κ1) is 21.9. The molecular weight excluding hydrogens is 429 g/mol. The van der Waals surface area contributed by atoms with Gasteiger partial charge in [0, 0.05) is 5.69 Å². The maximum Gasteiger partial charge on any atom is 0.300 e. The molecule has 0 spiro atoms. The average molecular weight is 449 g/mol. The summed E-state index contributed by atoms with van der Waals surface area (Å²) in [6.45, 7) is 0. The van der Waals surface area contributed by atoms with Gasteiger partial charge in [-0.2, -0.15) is 0 Å². The minimum atomic E-state index is -1.05. The Labute approximate surface area is 188 Å². The number of benzene rings is 3. The van der Waals surface area contributed by atoms with Crippen molar-refractivity contribution in [1.29, 1.82) is 0 Å². The van der Waals surface area contributed by atoms with Crippen LogP contribution >= 0.6 is 0 Å². The number of aliphatic hydroxyl groups is 1. The van der Waals surface area contributed by atoms with Gasteiger partial charge in [0.2, 0.25) is 0 Å². The van der Waals surface area contributed by atoms with Crippen molar-refractivity contribution in [3.05, 3.63) is 89.2 Å². The van der Waals surface area contributed by atoms with E-state index in [-0.39, 0.29) is 34.1 Å². The van der Waals surface area contributed by atoms with E-state index in [2.05, 4.69) is 0 Å². The van der Waals surface area contributed by atoms with Crippen molar-refractivity contribution in [3.8, 4) is 17.2 Å². The van der Waals surface area contributed by atoms with Crippen molar-refractivity contribution in [1.82, 2.24) is 0 Å². The minimum absolute atomic E-state index is 0.0103. The summed E-state index contributed by atoms with van der Waals surface area (Å²) in [4.78, 5) is 27.5. The van der Waals surface area contributed by atoms with E-state index in [4.69, 9.17) is 9.47 Å². The van der Waals surface area contributed by atoms with Crippen LogP contribution < -0.4 is 14.4 Å². The summed E-state index contributed by atoms with van der Waals surface area (Å²) in [5.74, 6) is -2.34. The molecule has 3 aromatic carbocycles. The van der Waals surface area contributed by atoms with E-state index in [1.54, 1.807) is 18.2 Å². The molecule has 0 aliphatic carbocycles. The van der Waals surface area contributed by atoms with Gasteiger partial charge in [-0.25, -0.2) is 4.39 Å². The Morgan fingerprint density at radius 2 is 1.48 bits per heavy atom. The van der Waals surface area contributed by atoms with Crippen LogP contribution in [0.15, 0.2) is 72.3 Å². The fourth-order valence-electron chi connectivity index (χ4n) is 3.89. The number of carbonyl (C=O) groups excluding carboxylic acids is 2. The number of halogens is 1. The molecule has 0 saturated carbocycles. The van der Waals surface area contributed by atoms with Crippen LogP contribution in [0.5, 0.6) is 17.2 Å². The predicted octanol–water partition coefficient (Wildman–Crippen LogP) is 4.17. The second-order valence-electron chi connectivity index (χ2n) is 7.27. The number of phenolic OH excluding ortho intramolecular Hbond substituents is 1. The van der Waals surface area contributed by atoms with E-state index in [0.29, 0.717) is 5.56 Å². The van der Waals surface area contributed by atoms with Gasteiger partial charge in [0.25, 0.3) is 11.7 Å². The third-order valence-corrected chi connectivity index (χ3v) is 5.42. The molecule has 3 aromatic rings. The highest BCUT2D eigenvalue weighted by molar-refractivity contribution is 6.51. The van der Waals surface area contributed by atoms with Crippen molar-refractivity contribution >= 4 is 23.1 Å². The molecule has 0 radical (unpaired) electrons. The number of Topliss-reactive ketones (excluding diaryl/α,β-unsaturated/α-hetero) is 1. The van der Waals surface area contributed by atoms with Crippen LogP contribution in [0.3, 0.4) is 0 Å². The normalized spacial score (nSPS) is 17.3. The SMILES string of the molecule is COc1cccc(OC)c1/C(O)=C1\C(=O)C(=O)N(c2ccc(F)cc2)C1c1ccc(O)cc1. The number of ketones is 1. The summed E-state index contributed by atoms with van der Waals surface area (Å²) < 4.78 is 24.2. The Bertz CT molecular complexity index is 1230. The number of aliphatic hydroxyl groups excluding tert-OH is 1. The summed E-state index contributed by atoms with van der Waals surface area (Å²) in [5, 5.41) is 21.1. The Morgan fingerprint density at radius 1 is 0.909 bits per heavy atom. The third-order valence-electron chi connectivity index (χ3n) is 5.42. The molecule has 168 valence electrons. The van der Waals surface area contributed by atoms with Crippen molar-refractivity contribution in [3.63, 3.8) is 0 Å². The highest BCUT2D eigenvalue weighted by Crippen LogP contribution is 2.45.